The number of anilines is 6. The Balaban J connectivity index is 1.36. The van der Waals surface area contributed by atoms with Gasteiger partial charge in [-0.1, -0.05) is 121 Å². The van der Waals surface area contributed by atoms with E-state index in [1.807, 2.05) is 109 Å². The normalized spacial score (nSPS) is 12.5. The standard InChI is InChI=1S/C59H39N5O2/c1-59(2,64-44-25-9-7-23-42(44)43-24-8-10-26-45(43)64)58-56(40-21-5-3-19-38(40)36-60)50(62-46-27-11-15-31-52(46)65-53-32-16-12-28-47(53)62)35-51(57(58)41-22-6-4-20-39(41)37-61)63-48-29-13-17-33-54(48)66-55-34-18-14-30-49(55)63/h3-35H,1-2H3. The van der Waals surface area contributed by atoms with E-state index < -0.39 is 5.54 Å². The third-order valence-electron chi connectivity index (χ3n) is 13.0. The zero-order valence-electron chi connectivity index (χ0n) is 36.1. The number of nitrogens with zero attached hydrogens (tertiary/aromatic N) is 5. The van der Waals surface area contributed by atoms with Crippen LogP contribution in [0.4, 0.5) is 34.1 Å². The summed E-state index contributed by atoms with van der Waals surface area (Å²) in [6, 6.07) is 72.7. The van der Waals surface area contributed by atoms with Gasteiger partial charge >= 0.3 is 0 Å². The van der Waals surface area contributed by atoms with Gasteiger partial charge in [-0.3, -0.25) is 0 Å². The molecule has 66 heavy (non-hydrogen) atoms. The van der Waals surface area contributed by atoms with Crippen molar-refractivity contribution in [3.8, 4) is 57.4 Å². The number of rotatable bonds is 6. The quantitative estimate of drug-likeness (QED) is 0.166. The minimum atomic E-state index is -0.917. The lowest BCUT2D eigenvalue weighted by molar-refractivity contribution is 0.467. The van der Waals surface area contributed by atoms with E-state index in [4.69, 9.17) is 9.47 Å². The van der Waals surface area contributed by atoms with E-state index in [2.05, 4.69) is 131 Å². The van der Waals surface area contributed by atoms with Crippen LogP contribution in [0, 0.1) is 22.7 Å². The highest BCUT2D eigenvalue weighted by Gasteiger charge is 2.41. The molecule has 312 valence electrons. The van der Waals surface area contributed by atoms with E-state index in [-0.39, 0.29) is 0 Å². The third kappa shape index (κ3) is 5.74. The van der Waals surface area contributed by atoms with Gasteiger partial charge < -0.3 is 23.8 Å². The van der Waals surface area contributed by atoms with E-state index in [9.17, 15) is 10.5 Å². The molecule has 0 N–H and O–H groups in total. The van der Waals surface area contributed by atoms with Crippen LogP contribution in [-0.4, -0.2) is 4.57 Å². The Kier molecular flexibility index (Phi) is 8.81. The second-order valence-electron chi connectivity index (χ2n) is 17.0. The Morgan fingerprint density at radius 1 is 0.394 bits per heavy atom. The van der Waals surface area contributed by atoms with Gasteiger partial charge in [0.05, 0.1) is 62.9 Å². The van der Waals surface area contributed by atoms with Gasteiger partial charge in [-0.05, 0) is 98.3 Å². The molecule has 0 aliphatic carbocycles. The molecule has 0 bridgehead atoms. The van der Waals surface area contributed by atoms with E-state index in [0.29, 0.717) is 34.1 Å². The molecule has 0 spiro atoms. The molecular formula is C59H39N5O2. The summed E-state index contributed by atoms with van der Waals surface area (Å²) in [5.74, 6) is 2.78. The van der Waals surface area contributed by atoms with E-state index in [0.717, 1.165) is 83.7 Å². The number of fused-ring (bicyclic) bond motifs is 7. The van der Waals surface area contributed by atoms with Crippen molar-refractivity contribution in [2.24, 2.45) is 0 Å². The van der Waals surface area contributed by atoms with Crippen molar-refractivity contribution in [3.63, 3.8) is 0 Å². The highest BCUT2D eigenvalue weighted by atomic mass is 16.5. The molecule has 0 fully saturated rings. The summed E-state index contributed by atoms with van der Waals surface area (Å²) in [7, 11) is 0. The van der Waals surface area contributed by atoms with Crippen molar-refractivity contribution < 1.29 is 9.47 Å². The maximum atomic E-state index is 11.1. The van der Waals surface area contributed by atoms with Crippen LogP contribution in [0.15, 0.2) is 200 Å². The first-order valence-electron chi connectivity index (χ1n) is 22.0. The van der Waals surface area contributed by atoms with Crippen LogP contribution in [0.25, 0.3) is 44.1 Å². The van der Waals surface area contributed by atoms with Gasteiger partial charge in [-0.25, -0.2) is 0 Å². The lowest BCUT2D eigenvalue weighted by Crippen LogP contribution is -2.31. The zero-order chi connectivity index (χ0) is 44.5. The molecular weight excluding hydrogens is 811 g/mol. The second-order valence-corrected chi connectivity index (χ2v) is 17.0. The third-order valence-corrected chi connectivity index (χ3v) is 13.0. The number of benzene rings is 9. The number of aromatic nitrogens is 1. The number of nitriles is 2. The van der Waals surface area contributed by atoms with Crippen molar-refractivity contribution in [1.82, 2.24) is 4.57 Å². The maximum Gasteiger partial charge on any atom is 0.151 e. The smallest absolute Gasteiger partial charge is 0.151 e. The highest BCUT2D eigenvalue weighted by molar-refractivity contribution is 6.10. The summed E-state index contributed by atoms with van der Waals surface area (Å²) in [6.45, 7) is 4.54. The molecule has 0 radical (unpaired) electrons. The molecule has 0 atom stereocenters. The van der Waals surface area contributed by atoms with E-state index in [1.165, 1.54) is 0 Å². The van der Waals surface area contributed by atoms with Gasteiger partial charge in [0.15, 0.2) is 23.0 Å². The minimum Gasteiger partial charge on any atom is -0.453 e. The van der Waals surface area contributed by atoms with Crippen LogP contribution >= 0.6 is 0 Å². The monoisotopic (exact) mass is 849 g/mol. The van der Waals surface area contributed by atoms with Crippen LogP contribution < -0.4 is 19.3 Å². The predicted octanol–water partition coefficient (Wildman–Crippen LogP) is 15.8. The van der Waals surface area contributed by atoms with Gasteiger partial charge in [0.2, 0.25) is 0 Å². The number of hydrogen-bond acceptors (Lipinski definition) is 6. The predicted molar refractivity (Wildman–Crippen MR) is 264 cm³/mol. The largest absolute Gasteiger partial charge is 0.453 e. The lowest BCUT2D eigenvalue weighted by Gasteiger charge is -2.42. The fraction of sp³-hybridized carbons (Fsp3) is 0.0508. The van der Waals surface area contributed by atoms with Crippen LogP contribution in [-0.2, 0) is 5.54 Å². The maximum absolute atomic E-state index is 11.1. The molecule has 7 heteroatoms. The highest BCUT2D eigenvalue weighted by Crippen LogP contribution is 2.61. The Morgan fingerprint density at radius 2 is 0.727 bits per heavy atom. The Morgan fingerprint density at radius 3 is 1.12 bits per heavy atom. The molecule has 0 saturated carbocycles. The van der Waals surface area contributed by atoms with Crippen LogP contribution in [0.3, 0.4) is 0 Å². The number of hydrogen-bond donors (Lipinski definition) is 0. The lowest BCUT2D eigenvalue weighted by atomic mass is 9.77. The van der Waals surface area contributed by atoms with Gasteiger partial charge in [-0.2, -0.15) is 10.5 Å². The molecule has 0 saturated heterocycles. The summed E-state index contributed by atoms with van der Waals surface area (Å²) in [4.78, 5) is 4.57. The van der Waals surface area contributed by atoms with Gasteiger partial charge in [0.25, 0.3) is 0 Å². The summed E-state index contributed by atoms with van der Waals surface area (Å²) in [6.07, 6.45) is 0. The summed E-state index contributed by atoms with van der Waals surface area (Å²) in [5.41, 5.74) is 11.3. The molecule has 0 unspecified atom stereocenters. The van der Waals surface area contributed by atoms with Gasteiger partial charge in [0, 0.05) is 44.1 Å². The average molecular weight is 850 g/mol. The molecule has 2 aliphatic rings. The topological polar surface area (TPSA) is 77.5 Å². The summed E-state index contributed by atoms with van der Waals surface area (Å²) in [5, 5.41) is 24.6. The molecule has 0 amide bonds. The zero-order valence-corrected chi connectivity index (χ0v) is 36.1. The SMILES string of the molecule is CC(C)(c1c(-c2ccccc2C#N)c(N2c3ccccc3Oc3ccccc32)cc(N2c3ccccc3Oc3ccccc32)c1-c1ccccc1C#N)n1c2ccccc2c2ccccc21. The van der Waals surface area contributed by atoms with Gasteiger partial charge in [-0.15, -0.1) is 0 Å². The fourth-order valence-corrected chi connectivity index (χ4v) is 10.3. The number of para-hydroxylation sites is 10. The van der Waals surface area contributed by atoms with Crippen molar-refractivity contribution in [3.05, 3.63) is 217 Å². The average Bonchev–Trinajstić information content (AvgIpc) is 3.72. The summed E-state index contributed by atoms with van der Waals surface area (Å²) < 4.78 is 15.8. The fourth-order valence-electron chi connectivity index (χ4n) is 10.3. The Labute approximate surface area is 382 Å². The Hall–Kier alpha value is -9.04. The molecule has 1 aromatic heterocycles. The number of ether oxygens (including phenoxy) is 2. The molecule has 7 nitrogen and oxygen atoms in total. The second kappa shape index (κ2) is 15.1. The molecule has 9 aromatic carbocycles. The first-order valence-corrected chi connectivity index (χ1v) is 22.0. The van der Waals surface area contributed by atoms with Crippen LogP contribution in [0.1, 0.15) is 30.5 Å². The van der Waals surface area contributed by atoms with Crippen molar-refractivity contribution >= 4 is 55.9 Å². The first-order chi connectivity index (χ1) is 32.5. The van der Waals surface area contributed by atoms with E-state index in [1.54, 1.807) is 0 Å². The van der Waals surface area contributed by atoms with Crippen molar-refractivity contribution in [1.29, 1.82) is 10.5 Å². The van der Waals surface area contributed by atoms with E-state index >= 15 is 0 Å². The van der Waals surface area contributed by atoms with Crippen molar-refractivity contribution in [2.75, 3.05) is 9.80 Å². The van der Waals surface area contributed by atoms with Crippen molar-refractivity contribution in [2.45, 2.75) is 19.4 Å². The van der Waals surface area contributed by atoms with Crippen LogP contribution in [0.2, 0.25) is 0 Å². The molecule has 2 aliphatic heterocycles. The first kappa shape index (κ1) is 38.6. The summed E-state index contributed by atoms with van der Waals surface area (Å²) >= 11 is 0. The Bertz CT molecular complexity index is 3380. The molecule has 10 aromatic rings. The molecule has 3 heterocycles. The minimum absolute atomic E-state index is 0.516. The van der Waals surface area contributed by atoms with Gasteiger partial charge in [0.1, 0.15) is 0 Å². The van der Waals surface area contributed by atoms with Crippen LogP contribution in [0.5, 0.6) is 23.0 Å². The molecule has 12 rings (SSSR count).